The van der Waals surface area contributed by atoms with Crippen molar-refractivity contribution in [2.45, 2.75) is 50.7 Å². The molecular formula is C28H34N2O5. The largest absolute Gasteiger partial charge is 0.448 e. The molecule has 0 spiro atoms. The fraction of sp³-hybridized carbons (Fsp3) is 0.500. The fourth-order valence-corrected chi connectivity index (χ4v) is 5.61. The molecule has 7 heteroatoms. The highest BCUT2D eigenvalue weighted by Gasteiger charge is 2.51. The second-order valence-electron chi connectivity index (χ2n) is 11.0. The van der Waals surface area contributed by atoms with Crippen LogP contribution in [0.4, 0.5) is 9.59 Å². The molecule has 0 bridgehead atoms. The molecule has 1 aliphatic carbocycles. The third kappa shape index (κ3) is 4.61. The molecule has 0 unspecified atom stereocenters. The van der Waals surface area contributed by atoms with E-state index >= 15 is 0 Å². The van der Waals surface area contributed by atoms with Gasteiger partial charge in [-0.2, -0.15) is 0 Å². The van der Waals surface area contributed by atoms with Crippen molar-refractivity contribution in [2.75, 3.05) is 32.8 Å². The molecule has 2 amide bonds. The van der Waals surface area contributed by atoms with Gasteiger partial charge in [-0.3, -0.25) is 0 Å². The first-order valence-corrected chi connectivity index (χ1v) is 12.4. The molecule has 2 aliphatic heterocycles. The summed E-state index contributed by atoms with van der Waals surface area (Å²) in [7, 11) is 0. The molecule has 7 nitrogen and oxygen atoms in total. The second kappa shape index (κ2) is 8.86. The lowest BCUT2D eigenvalue weighted by atomic mass is 9.75. The molecule has 0 saturated carbocycles. The molecule has 0 aromatic heterocycles. The Balaban J connectivity index is 1.13. The molecule has 2 heterocycles. The molecule has 2 aromatic carbocycles. The maximum absolute atomic E-state index is 12.9. The van der Waals surface area contributed by atoms with E-state index < -0.39 is 17.3 Å². The summed E-state index contributed by atoms with van der Waals surface area (Å²) in [5.74, 6) is 0.0808. The molecule has 0 radical (unpaired) electrons. The Hall–Kier alpha value is -3.06. The average molecular weight is 479 g/mol. The SMILES string of the molecule is CC(C)(C)OC(=O)N1CC(O)(C2CCN(C(=O)OCC3c4ccccc4-c4ccccc43)CC2)C1. The Morgan fingerprint density at radius 1 is 0.914 bits per heavy atom. The number of carbonyl (C=O) groups is 2. The Kier molecular flexibility index (Phi) is 5.99. The molecule has 2 aromatic rings. The Morgan fingerprint density at radius 2 is 1.46 bits per heavy atom. The van der Waals surface area contributed by atoms with Crippen LogP contribution in [-0.2, 0) is 9.47 Å². The standard InChI is InChI=1S/C28H34N2O5/c1-27(2,3)35-26(32)30-17-28(33,18-30)19-12-14-29(15-13-19)25(31)34-16-24-22-10-6-4-8-20(22)21-9-5-7-11-23(21)24/h4-11,19,24,33H,12-18H2,1-3H3. The van der Waals surface area contributed by atoms with E-state index in [0.717, 1.165) is 0 Å². The summed E-state index contributed by atoms with van der Waals surface area (Å²) in [6, 6.07) is 16.6. The fourth-order valence-electron chi connectivity index (χ4n) is 5.61. The van der Waals surface area contributed by atoms with Gasteiger partial charge < -0.3 is 24.4 Å². The van der Waals surface area contributed by atoms with Gasteiger partial charge in [-0.1, -0.05) is 48.5 Å². The molecule has 0 atom stereocenters. The van der Waals surface area contributed by atoms with E-state index in [4.69, 9.17) is 9.47 Å². The van der Waals surface area contributed by atoms with Crippen LogP contribution < -0.4 is 0 Å². The zero-order valence-corrected chi connectivity index (χ0v) is 20.7. The zero-order chi connectivity index (χ0) is 24.8. The van der Waals surface area contributed by atoms with Gasteiger partial charge in [0, 0.05) is 19.0 Å². The number of carbonyl (C=O) groups excluding carboxylic acids is 2. The van der Waals surface area contributed by atoms with Crippen molar-refractivity contribution in [3.8, 4) is 11.1 Å². The minimum atomic E-state index is -0.913. The van der Waals surface area contributed by atoms with Gasteiger partial charge in [0.2, 0.25) is 0 Å². The van der Waals surface area contributed by atoms with E-state index in [2.05, 4.69) is 24.3 Å². The van der Waals surface area contributed by atoms with Crippen LogP contribution >= 0.6 is 0 Å². The number of piperidine rings is 1. The van der Waals surface area contributed by atoms with E-state index in [1.807, 2.05) is 45.0 Å². The van der Waals surface area contributed by atoms with Gasteiger partial charge in [-0.25, -0.2) is 9.59 Å². The number of aliphatic hydroxyl groups is 1. The summed E-state index contributed by atoms with van der Waals surface area (Å²) < 4.78 is 11.2. The van der Waals surface area contributed by atoms with Crippen LogP contribution in [0.1, 0.15) is 50.7 Å². The number of hydrogen-bond donors (Lipinski definition) is 1. The molecule has 2 fully saturated rings. The highest BCUT2D eigenvalue weighted by atomic mass is 16.6. The maximum atomic E-state index is 12.9. The third-order valence-corrected chi connectivity index (χ3v) is 7.43. The zero-order valence-electron chi connectivity index (χ0n) is 20.7. The van der Waals surface area contributed by atoms with Crippen molar-refractivity contribution in [3.05, 3.63) is 59.7 Å². The van der Waals surface area contributed by atoms with Crippen LogP contribution in [0.5, 0.6) is 0 Å². The Labute approximate surface area is 206 Å². The number of likely N-dealkylation sites (tertiary alicyclic amines) is 2. The minimum absolute atomic E-state index is 0.0402. The summed E-state index contributed by atoms with van der Waals surface area (Å²) in [5, 5.41) is 11.0. The van der Waals surface area contributed by atoms with Gasteiger partial charge in [0.25, 0.3) is 0 Å². The van der Waals surface area contributed by atoms with E-state index in [0.29, 0.717) is 32.5 Å². The summed E-state index contributed by atoms with van der Waals surface area (Å²) in [6.07, 6.45) is 0.672. The summed E-state index contributed by atoms with van der Waals surface area (Å²) in [4.78, 5) is 28.4. The third-order valence-electron chi connectivity index (χ3n) is 7.43. The van der Waals surface area contributed by atoms with E-state index in [1.165, 1.54) is 22.3 Å². The average Bonchev–Trinajstić information content (AvgIpc) is 3.13. The topological polar surface area (TPSA) is 79.3 Å². The van der Waals surface area contributed by atoms with E-state index in [-0.39, 0.29) is 31.0 Å². The van der Waals surface area contributed by atoms with Crippen molar-refractivity contribution >= 4 is 12.2 Å². The number of ether oxygens (including phenoxy) is 2. The van der Waals surface area contributed by atoms with Crippen LogP contribution in [0.3, 0.4) is 0 Å². The van der Waals surface area contributed by atoms with Crippen LogP contribution in [0.25, 0.3) is 11.1 Å². The minimum Gasteiger partial charge on any atom is -0.448 e. The Bertz CT molecular complexity index is 1060. The number of hydrogen-bond acceptors (Lipinski definition) is 5. The Morgan fingerprint density at radius 3 is 2.00 bits per heavy atom. The number of rotatable bonds is 3. The molecule has 2 saturated heterocycles. The van der Waals surface area contributed by atoms with Gasteiger partial charge in [0.05, 0.1) is 13.1 Å². The number of β-amino-alcohol motifs (C(OH)–C–C–N with tert-alkyl or cyclic N) is 1. The van der Waals surface area contributed by atoms with Gasteiger partial charge in [-0.15, -0.1) is 0 Å². The first-order chi connectivity index (χ1) is 16.6. The van der Waals surface area contributed by atoms with Crippen LogP contribution in [0.15, 0.2) is 48.5 Å². The second-order valence-corrected chi connectivity index (χ2v) is 11.0. The van der Waals surface area contributed by atoms with E-state index in [1.54, 1.807) is 9.80 Å². The van der Waals surface area contributed by atoms with Crippen LogP contribution in [-0.4, -0.2) is 71.1 Å². The monoisotopic (exact) mass is 478 g/mol. The lowest BCUT2D eigenvalue weighted by Gasteiger charge is -2.52. The van der Waals surface area contributed by atoms with Crippen molar-refractivity contribution < 1.29 is 24.2 Å². The van der Waals surface area contributed by atoms with Crippen LogP contribution in [0.2, 0.25) is 0 Å². The van der Waals surface area contributed by atoms with Gasteiger partial charge in [0.15, 0.2) is 0 Å². The van der Waals surface area contributed by atoms with Crippen molar-refractivity contribution in [2.24, 2.45) is 5.92 Å². The summed E-state index contributed by atoms with van der Waals surface area (Å²) in [5.41, 5.74) is 3.34. The molecule has 3 aliphatic rings. The number of fused-ring (bicyclic) bond motifs is 3. The molecule has 186 valence electrons. The summed E-state index contributed by atoms with van der Waals surface area (Å²) >= 11 is 0. The summed E-state index contributed by atoms with van der Waals surface area (Å²) in [6.45, 7) is 7.42. The van der Waals surface area contributed by atoms with Gasteiger partial charge in [0.1, 0.15) is 17.8 Å². The number of benzene rings is 2. The van der Waals surface area contributed by atoms with Gasteiger partial charge in [-0.05, 0) is 61.8 Å². The lowest BCUT2D eigenvalue weighted by Crippen LogP contribution is -2.68. The molecular weight excluding hydrogens is 444 g/mol. The molecule has 35 heavy (non-hydrogen) atoms. The first kappa shape index (κ1) is 23.7. The van der Waals surface area contributed by atoms with E-state index in [9.17, 15) is 14.7 Å². The predicted octanol–water partition coefficient (Wildman–Crippen LogP) is 4.63. The van der Waals surface area contributed by atoms with Crippen molar-refractivity contribution in [1.29, 1.82) is 0 Å². The first-order valence-electron chi connectivity index (χ1n) is 12.4. The lowest BCUT2D eigenvalue weighted by molar-refractivity contribution is -0.141. The van der Waals surface area contributed by atoms with Crippen molar-refractivity contribution in [3.63, 3.8) is 0 Å². The number of nitrogens with zero attached hydrogens (tertiary/aromatic N) is 2. The molecule has 5 rings (SSSR count). The smallest absolute Gasteiger partial charge is 0.410 e. The predicted molar refractivity (Wildman–Crippen MR) is 132 cm³/mol. The molecule has 1 N–H and O–H groups in total. The van der Waals surface area contributed by atoms with Gasteiger partial charge >= 0.3 is 12.2 Å². The van der Waals surface area contributed by atoms with Crippen LogP contribution in [0, 0.1) is 5.92 Å². The highest BCUT2D eigenvalue weighted by Crippen LogP contribution is 2.44. The maximum Gasteiger partial charge on any atom is 0.410 e. The van der Waals surface area contributed by atoms with Crippen molar-refractivity contribution in [1.82, 2.24) is 9.80 Å². The highest BCUT2D eigenvalue weighted by molar-refractivity contribution is 5.79. The number of amides is 2. The normalized spacial score (nSPS) is 19.5. The quantitative estimate of drug-likeness (QED) is 0.696.